The predicted molar refractivity (Wildman–Crippen MR) is 65.2 cm³/mol. The van der Waals surface area contributed by atoms with Crippen LogP contribution in [0.25, 0.3) is 0 Å². The fraction of sp³-hybridized carbons (Fsp3) is 0.700. The van der Waals surface area contributed by atoms with Gasteiger partial charge in [0.2, 0.25) is 0 Å². The van der Waals surface area contributed by atoms with Crippen LogP contribution in [0.15, 0.2) is 11.4 Å². The first-order valence-electron chi connectivity index (χ1n) is 5.97. The van der Waals surface area contributed by atoms with Gasteiger partial charge in [-0.05, 0) is 12.8 Å². The Labute approximate surface area is 114 Å². The van der Waals surface area contributed by atoms with Crippen LogP contribution in [-0.4, -0.2) is 41.5 Å². The van der Waals surface area contributed by atoms with Gasteiger partial charge in [-0.15, -0.1) is 0 Å². The number of hydrogen-bond donors (Lipinski definition) is 1. The third kappa shape index (κ3) is 2.62. The molecule has 0 atom stereocenters. The van der Waals surface area contributed by atoms with E-state index in [4.69, 9.17) is 5.73 Å². The number of halogens is 3. The molecule has 1 saturated heterocycles. The van der Waals surface area contributed by atoms with Gasteiger partial charge in [-0.3, -0.25) is 0 Å². The summed E-state index contributed by atoms with van der Waals surface area (Å²) < 4.78 is 64.7. The van der Waals surface area contributed by atoms with E-state index in [0.717, 1.165) is 4.31 Å². The van der Waals surface area contributed by atoms with E-state index in [2.05, 4.69) is 4.98 Å². The predicted octanol–water partition coefficient (Wildman–Crippen LogP) is 0.965. The molecule has 0 amide bonds. The van der Waals surface area contributed by atoms with Crippen LogP contribution in [0.5, 0.6) is 0 Å². The highest BCUT2D eigenvalue weighted by Crippen LogP contribution is 2.35. The van der Waals surface area contributed by atoms with Gasteiger partial charge >= 0.3 is 6.18 Å². The molecule has 10 heteroatoms. The molecule has 2 heterocycles. The van der Waals surface area contributed by atoms with Crippen LogP contribution in [0.2, 0.25) is 0 Å². The standard InChI is InChI=1S/C10H15F3N4O2S/c1-16-6-15-8(14)9(16)20(18,19)17-4-2-7(3-5-17)10(11,12)13/h6-7H,2-5,14H2,1H3. The maximum absolute atomic E-state index is 12.6. The lowest BCUT2D eigenvalue weighted by Crippen LogP contribution is -2.42. The van der Waals surface area contributed by atoms with Gasteiger partial charge in [-0.25, -0.2) is 13.4 Å². The van der Waals surface area contributed by atoms with Gasteiger partial charge in [0.25, 0.3) is 10.0 Å². The van der Waals surface area contributed by atoms with Crippen molar-refractivity contribution in [3.05, 3.63) is 6.33 Å². The van der Waals surface area contributed by atoms with Crippen LogP contribution in [0.1, 0.15) is 12.8 Å². The minimum absolute atomic E-state index is 0.148. The molecule has 114 valence electrons. The van der Waals surface area contributed by atoms with E-state index in [-0.39, 0.29) is 36.8 Å². The van der Waals surface area contributed by atoms with Crippen LogP contribution in [0.4, 0.5) is 19.0 Å². The zero-order valence-electron chi connectivity index (χ0n) is 10.8. The number of piperidine rings is 1. The highest BCUT2D eigenvalue weighted by atomic mass is 32.2. The molecule has 1 aromatic heterocycles. The Morgan fingerprint density at radius 1 is 1.35 bits per heavy atom. The Morgan fingerprint density at radius 3 is 2.30 bits per heavy atom. The van der Waals surface area contributed by atoms with Crippen LogP contribution in [0.3, 0.4) is 0 Å². The molecule has 2 N–H and O–H groups in total. The Morgan fingerprint density at radius 2 is 1.90 bits per heavy atom. The van der Waals surface area contributed by atoms with Crippen LogP contribution < -0.4 is 5.73 Å². The first-order chi connectivity index (χ1) is 9.14. The minimum atomic E-state index is -4.28. The summed E-state index contributed by atoms with van der Waals surface area (Å²) in [6, 6.07) is 0. The third-order valence-corrected chi connectivity index (χ3v) is 5.44. The Balaban J connectivity index is 2.18. The van der Waals surface area contributed by atoms with Crippen molar-refractivity contribution >= 4 is 15.8 Å². The molecule has 1 aromatic rings. The summed E-state index contributed by atoms with van der Waals surface area (Å²) in [7, 11) is -2.44. The Kier molecular flexibility index (Phi) is 3.71. The number of rotatable bonds is 2. The molecule has 1 aliphatic heterocycles. The van der Waals surface area contributed by atoms with Gasteiger partial charge in [0.05, 0.1) is 12.2 Å². The molecule has 0 spiro atoms. The number of sulfonamides is 1. The van der Waals surface area contributed by atoms with Gasteiger partial charge < -0.3 is 10.3 Å². The number of alkyl halides is 3. The van der Waals surface area contributed by atoms with E-state index in [9.17, 15) is 21.6 Å². The largest absolute Gasteiger partial charge is 0.391 e. The van der Waals surface area contributed by atoms with Crippen molar-refractivity contribution in [2.45, 2.75) is 24.0 Å². The summed E-state index contributed by atoms with van der Waals surface area (Å²) >= 11 is 0. The number of aryl methyl sites for hydroxylation is 1. The van der Waals surface area contributed by atoms with Gasteiger partial charge in [-0.2, -0.15) is 17.5 Å². The van der Waals surface area contributed by atoms with Crippen molar-refractivity contribution < 1.29 is 21.6 Å². The summed E-state index contributed by atoms with van der Waals surface area (Å²) in [4.78, 5) is 3.69. The number of imidazole rings is 1. The van der Waals surface area contributed by atoms with Crippen molar-refractivity contribution in [2.24, 2.45) is 13.0 Å². The van der Waals surface area contributed by atoms with E-state index in [0.29, 0.717) is 0 Å². The van der Waals surface area contributed by atoms with Gasteiger partial charge in [0.1, 0.15) is 0 Å². The number of nitrogens with two attached hydrogens (primary N) is 1. The van der Waals surface area contributed by atoms with Gasteiger partial charge in [-0.1, -0.05) is 0 Å². The lowest BCUT2D eigenvalue weighted by atomic mass is 9.98. The van der Waals surface area contributed by atoms with Gasteiger partial charge in [0.15, 0.2) is 10.8 Å². The van der Waals surface area contributed by atoms with Crippen LogP contribution >= 0.6 is 0 Å². The quantitative estimate of drug-likeness (QED) is 0.882. The van der Waals surface area contributed by atoms with Crippen LogP contribution in [0, 0.1) is 5.92 Å². The highest BCUT2D eigenvalue weighted by molar-refractivity contribution is 7.89. The van der Waals surface area contributed by atoms with Crippen molar-refractivity contribution in [1.29, 1.82) is 0 Å². The number of nitrogen functional groups attached to an aromatic ring is 1. The van der Waals surface area contributed by atoms with Crippen molar-refractivity contribution in [2.75, 3.05) is 18.8 Å². The van der Waals surface area contributed by atoms with Crippen LogP contribution in [-0.2, 0) is 17.1 Å². The summed E-state index contributed by atoms with van der Waals surface area (Å²) in [5.41, 5.74) is 5.51. The molecule has 0 unspecified atom stereocenters. The molecular weight excluding hydrogens is 297 g/mol. The molecule has 1 aliphatic rings. The molecule has 6 nitrogen and oxygen atoms in total. The molecule has 1 fully saturated rings. The second kappa shape index (κ2) is 4.92. The highest BCUT2D eigenvalue weighted by Gasteiger charge is 2.43. The second-order valence-electron chi connectivity index (χ2n) is 4.77. The maximum atomic E-state index is 12.6. The average Bonchev–Trinajstić information content (AvgIpc) is 2.68. The number of nitrogens with zero attached hydrogens (tertiary/aromatic N) is 3. The smallest absolute Gasteiger partial charge is 0.381 e. The van der Waals surface area contributed by atoms with Gasteiger partial charge in [0, 0.05) is 20.1 Å². The first-order valence-corrected chi connectivity index (χ1v) is 7.41. The first kappa shape index (κ1) is 15.1. The average molecular weight is 312 g/mol. The summed E-state index contributed by atoms with van der Waals surface area (Å²) in [5, 5.41) is -0.178. The summed E-state index contributed by atoms with van der Waals surface area (Å²) in [6.45, 7) is -0.339. The topological polar surface area (TPSA) is 81.2 Å². The Hall–Kier alpha value is -1.29. The third-order valence-electron chi connectivity index (χ3n) is 3.41. The molecule has 0 aromatic carbocycles. The lowest BCUT2D eigenvalue weighted by Gasteiger charge is -2.32. The SMILES string of the molecule is Cn1cnc(N)c1S(=O)(=O)N1CCC(C(F)(F)F)CC1. The molecule has 0 aliphatic carbocycles. The number of aromatic nitrogens is 2. The van der Waals surface area contributed by atoms with E-state index < -0.39 is 22.1 Å². The van der Waals surface area contributed by atoms with E-state index in [1.807, 2.05) is 0 Å². The van der Waals surface area contributed by atoms with E-state index in [1.54, 1.807) is 0 Å². The number of hydrogen-bond acceptors (Lipinski definition) is 4. The number of anilines is 1. The minimum Gasteiger partial charge on any atom is -0.381 e. The molecule has 0 radical (unpaired) electrons. The van der Waals surface area contributed by atoms with Crippen molar-refractivity contribution in [3.63, 3.8) is 0 Å². The van der Waals surface area contributed by atoms with E-state index in [1.165, 1.54) is 17.9 Å². The molecule has 0 bridgehead atoms. The zero-order chi connectivity index (χ0) is 15.1. The summed E-state index contributed by atoms with van der Waals surface area (Å²) in [5.74, 6) is -1.59. The maximum Gasteiger partial charge on any atom is 0.391 e. The zero-order valence-corrected chi connectivity index (χ0v) is 11.6. The fourth-order valence-electron chi connectivity index (χ4n) is 2.30. The molecule has 2 rings (SSSR count). The molecular formula is C10H15F3N4O2S. The normalized spacial score (nSPS) is 19.4. The molecule has 20 heavy (non-hydrogen) atoms. The molecule has 0 saturated carbocycles. The second-order valence-corrected chi connectivity index (χ2v) is 6.62. The van der Waals surface area contributed by atoms with E-state index >= 15 is 0 Å². The summed E-state index contributed by atoms with van der Waals surface area (Å²) in [6.07, 6.45) is -3.49. The monoisotopic (exact) mass is 312 g/mol. The van der Waals surface area contributed by atoms with Crippen molar-refractivity contribution in [3.8, 4) is 0 Å². The lowest BCUT2D eigenvalue weighted by molar-refractivity contribution is -0.182. The Bertz CT molecular complexity index is 569. The fourth-order valence-corrected chi connectivity index (χ4v) is 3.96. The van der Waals surface area contributed by atoms with Crippen molar-refractivity contribution in [1.82, 2.24) is 13.9 Å².